The van der Waals surface area contributed by atoms with Crippen molar-refractivity contribution in [1.29, 1.82) is 0 Å². The van der Waals surface area contributed by atoms with Crippen molar-refractivity contribution in [3.05, 3.63) is 89.9 Å². The molecule has 4 aromatic rings. The molecule has 0 radical (unpaired) electrons. The van der Waals surface area contributed by atoms with Gasteiger partial charge in [-0.3, -0.25) is 9.52 Å². The fourth-order valence-corrected chi connectivity index (χ4v) is 4.29. The van der Waals surface area contributed by atoms with Crippen LogP contribution in [0.25, 0.3) is 11.0 Å². The maximum Gasteiger partial charge on any atom is 0.291 e. The molecule has 1 aromatic heterocycles. The lowest BCUT2D eigenvalue weighted by Gasteiger charge is -2.09. The summed E-state index contributed by atoms with van der Waals surface area (Å²) in [7, 11) is -2.40. The summed E-state index contributed by atoms with van der Waals surface area (Å²) in [5.74, 6) is -0.916. The Balaban J connectivity index is 1.53. The number of sulfonamides is 1. The first-order valence-electron chi connectivity index (χ1n) is 9.56. The van der Waals surface area contributed by atoms with E-state index in [9.17, 15) is 17.6 Å². The zero-order valence-corrected chi connectivity index (χ0v) is 17.8. The van der Waals surface area contributed by atoms with Crippen LogP contribution >= 0.6 is 0 Å². The van der Waals surface area contributed by atoms with Gasteiger partial charge in [0.25, 0.3) is 15.9 Å². The maximum absolute atomic E-state index is 13.3. The van der Waals surface area contributed by atoms with E-state index in [2.05, 4.69) is 10.0 Å². The highest BCUT2D eigenvalue weighted by Crippen LogP contribution is 2.27. The molecule has 164 valence electrons. The fraction of sp³-hybridized carbons (Fsp3) is 0.0870. The molecule has 9 heteroatoms. The summed E-state index contributed by atoms with van der Waals surface area (Å²) in [4.78, 5) is 12.8. The number of carbonyl (C=O) groups is 1. The van der Waals surface area contributed by atoms with Crippen molar-refractivity contribution in [1.82, 2.24) is 0 Å². The molecule has 32 heavy (non-hydrogen) atoms. The minimum atomic E-state index is -3.92. The molecule has 0 saturated heterocycles. The van der Waals surface area contributed by atoms with Crippen LogP contribution in [-0.2, 0) is 21.4 Å². The van der Waals surface area contributed by atoms with E-state index in [0.717, 1.165) is 11.5 Å². The zero-order valence-electron chi connectivity index (χ0n) is 17.0. The number of para-hydroxylation sites is 1. The van der Waals surface area contributed by atoms with Gasteiger partial charge in [-0.1, -0.05) is 24.3 Å². The van der Waals surface area contributed by atoms with Gasteiger partial charge in [-0.05, 0) is 48.5 Å². The lowest BCUT2D eigenvalue weighted by atomic mass is 10.1. The van der Waals surface area contributed by atoms with Crippen molar-refractivity contribution in [3.63, 3.8) is 0 Å². The highest BCUT2D eigenvalue weighted by atomic mass is 32.2. The number of halogens is 1. The number of benzene rings is 3. The van der Waals surface area contributed by atoms with Crippen molar-refractivity contribution in [2.75, 3.05) is 17.1 Å². The summed E-state index contributed by atoms with van der Waals surface area (Å²) in [6.07, 6.45) is 0. The number of hydrogen-bond acceptors (Lipinski definition) is 5. The van der Waals surface area contributed by atoms with Gasteiger partial charge in [0.1, 0.15) is 11.4 Å². The smallest absolute Gasteiger partial charge is 0.291 e. The number of anilines is 2. The molecule has 1 amide bonds. The lowest BCUT2D eigenvalue weighted by Crippen LogP contribution is -2.15. The maximum atomic E-state index is 13.3. The van der Waals surface area contributed by atoms with Gasteiger partial charge in [-0.2, -0.15) is 0 Å². The largest absolute Gasteiger partial charge is 0.451 e. The van der Waals surface area contributed by atoms with Gasteiger partial charge in [0, 0.05) is 23.7 Å². The molecule has 4 rings (SSSR count). The van der Waals surface area contributed by atoms with Gasteiger partial charge < -0.3 is 14.5 Å². The summed E-state index contributed by atoms with van der Waals surface area (Å²) in [5, 5.41) is 3.48. The second-order valence-corrected chi connectivity index (χ2v) is 8.62. The number of carbonyl (C=O) groups excluding carboxylic acids is 1. The zero-order chi connectivity index (χ0) is 22.7. The highest BCUT2D eigenvalue weighted by molar-refractivity contribution is 7.92. The molecule has 0 saturated carbocycles. The Morgan fingerprint density at radius 1 is 1.00 bits per heavy atom. The molecule has 0 atom stereocenters. The van der Waals surface area contributed by atoms with E-state index in [1.807, 2.05) is 12.1 Å². The molecule has 0 bridgehead atoms. The van der Waals surface area contributed by atoms with Gasteiger partial charge >= 0.3 is 0 Å². The van der Waals surface area contributed by atoms with Crippen LogP contribution in [0, 0.1) is 5.82 Å². The third-order valence-electron chi connectivity index (χ3n) is 4.69. The van der Waals surface area contributed by atoms with Crippen molar-refractivity contribution in [2.45, 2.75) is 11.5 Å². The number of hydrogen-bond donors (Lipinski definition) is 2. The van der Waals surface area contributed by atoms with Crippen LogP contribution in [0.3, 0.4) is 0 Å². The predicted octanol–water partition coefficient (Wildman–Crippen LogP) is 4.77. The summed E-state index contributed by atoms with van der Waals surface area (Å²) in [6.45, 7) is 0.197. The number of rotatable bonds is 7. The van der Waals surface area contributed by atoms with Crippen molar-refractivity contribution in [2.24, 2.45) is 0 Å². The quantitative estimate of drug-likeness (QED) is 0.419. The fourth-order valence-electron chi connectivity index (χ4n) is 3.24. The minimum absolute atomic E-state index is 0.0384. The number of fused-ring (bicyclic) bond motifs is 1. The first-order valence-corrected chi connectivity index (χ1v) is 11.0. The number of ether oxygens (including phenoxy) is 1. The van der Waals surface area contributed by atoms with E-state index in [0.29, 0.717) is 16.8 Å². The van der Waals surface area contributed by atoms with E-state index < -0.39 is 21.7 Å². The molecule has 0 aliphatic rings. The molecule has 0 unspecified atom stereocenters. The van der Waals surface area contributed by atoms with Crippen LogP contribution in [0.1, 0.15) is 16.1 Å². The standard InChI is InChI=1S/C23H19FN2O5S/c1-30-14-20-19-7-2-3-8-21(19)31-22(20)23(27)25-16-9-11-18(12-10-16)32(28,29)26-17-6-4-5-15(24)13-17/h2-13,26H,14H2,1H3,(H,25,27). The summed E-state index contributed by atoms with van der Waals surface area (Å²) >= 11 is 0. The summed E-state index contributed by atoms with van der Waals surface area (Å²) < 4.78 is 51.6. The Morgan fingerprint density at radius 3 is 2.47 bits per heavy atom. The summed E-state index contributed by atoms with van der Waals surface area (Å²) in [6, 6.07) is 18.0. The third-order valence-corrected chi connectivity index (χ3v) is 6.09. The van der Waals surface area contributed by atoms with Gasteiger partial charge in [-0.15, -0.1) is 0 Å². The highest BCUT2D eigenvalue weighted by Gasteiger charge is 2.21. The number of furan rings is 1. The van der Waals surface area contributed by atoms with E-state index >= 15 is 0 Å². The van der Waals surface area contributed by atoms with Crippen LogP contribution in [-0.4, -0.2) is 21.4 Å². The second kappa shape index (κ2) is 8.81. The Bertz CT molecular complexity index is 1380. The van der Waals surface area contributed by atoms with Gasteiger partial charge in [0.15, 0.2) is 5.76 Å². The predicted molar refractivity (Wildman–Crippen MR) is 119 cm³/mol. The molecular formula is C23H19FN2O5S. The third kappa shape index (κ3) is 4.48. The first kappa shape index (κ1) is 21.5. The molecule has 0 spiro atoms. The molecule has 0 fully saturated rings. The molecular weight excluding hydrogens is 435 g/mol. The Kier molecular flexibility index (Phi) is 5.93. The monoisotopic (exact) mass is 454 g/mol. The number of nitrogens with one attached hydrogen (secondary N) is 2. The SMILES string of the molecule is COCc1c(C(=O)Nc2ccc(S(=O)(=O)Nc3cccc(F)c3)cc2)oc2ccccc12. The van der Waals surface area contributed by atoms with Gasteiger partial charge in [0.05, 0.1) is 17.2 Å². The summed E-state index contributed by atoms with van der Waals surface area (Å²) in [5.41, 5.74) is 1.68. The number of amides is 1. The molecule has 7 nitrogen and oxygen atoms in total. The Labute approximate surface area is 183 Å². The van der Waals surface area contributed by atoms with Crippen molar-refractivity contribution in [3.8, 4) is 0 Å². The molecule has 0 aliphatic carbocycles. The van der Waals surface area contributed by atoms with E-state index in [-0.39, 0.29) is 22.9 Å². The Hall–Kier alpha value is -3.69. The minimum Gasteiger partial charge on any atom is -0.451 e. The second-order valence-electron chi connectivity index (χ2n) is 6.93. The topological polar surface area (TPSA) is 97.6 Å². The average molecular weight is 454 g/mol. The Morgan fingerprint density at radius 2 is 1.75 bits per heavy atom. The average Bonchev–Trinajstić information content (AvgIpc) is 3.13. The van der Waals surface area contributed by atoms with Gasteiger partial charge in [0.2, 0.25) is 0 Å². The molecule has 3 aromatic carbocycles. The molecule has 2 N–H and O–H groups in total. The van der Waals surface area contributed by atoms with Crippen molar-refractivity contribution >= 4 is 38.3 Å². The van der Waals surface area contributed by atoms with Crippen LogP contribution in [0.15, 0.2) is 82.1 Å². The van der Waals surface area contributed by atoms with Crippen LogP contribution < -0.4 is 10.0 Å². The normalized spacial score (nSPS) is 11.4. The molecule has 0 aliphatic heterocycles. The number of methoxy groups -OCH3 is 1. The van der Waals surface area contributed by atoms with Crippen molar-refractivity contribution < 1.29 is 26.8 Å². The van der Waals surface area contributed by atoms with E-state index in [1.165, 1.54) is 49.6 Å². The van der Waals surface area contributed by atoms with E-state index in [1.54, 1.807) is 12.1 Å². The lowest BCUT2D eigenvalue weighted by molar-refractivity contribution is 0.0992. The molecule has 1 heterocycles. The van der Waals surface area contributed by atoms with E-state index in [4.69, 9.17) is 9.15 Å². The van der Waals surface area contributed by atoms with Gasteiger partial charge in [-0.25, -0.2) is 12.8 Å². The van der Waals surface area contributed by atoms with Crippen LogP contribution in [0.2, 0.25) is 0 Å². The van der Waals surface area contributed by atoms with Crippen LogP contribution in [0.5, 0.6) is 0 Å². The van der Waals surface area contributed by atoms with Crippen LogP contribution in [0.4, 0.5) is 15.8 Å². The first-order chi connectivity index (χ1) is 15.4.